The van der Waals surface area contributed by atoms with Gasteiger partial charge in [0, 0.05) is 0 Å². The molecule has 1 amide bonds. The van der Waals surface area contributed by atoms with E-state index in [2.05, 4.69) is 25.3 Å². The van der Waals surface area contributed by atoms with Gasteiger partial charge in [-0.3, -0.25) is 15.1 Å². The minimum absolute atomic E-state index is 0.0263. The second-order valence-electron chi connectivity index (χ2n) is 5.75. The van der Waals surface area contributed by atoms with Crippen molar-refractivity contribution in [3.05, 3.63) is 88.5 Å². The highest BCUT2D eigenvalue weighted by atomic mass is 16.6. The van der Waals surface area contributed by atoms with Crippen molar-refractivity contribution in [2.75, 3.05) is 5.32 Å². The van der Waals surface area contributed by atoms with Crippen molar-refractivity contribution >= 4 is 23.2 Å². The first-order chi connectivity index (χ1) is 13.2. The highest BCUT2D eigenvalue weighted by Crippen LogP contribution is 2.26. The van der Waals surface area contributed by atoms with Gasteiger partial charge in [-0.1, -0.05) is 60.7 Å². The van der Waals surface area contributed by atoms with E-state index in [0.29, 0.717) is 0 Å². The molecule has 0 aliphatic heterocycles. The summed E-state index contributed by atoms with van der Waals surface area (Å²) in [5, 5.41) is 2.46. The number of aromatic amines is 2. The molecule has 27 heavy (non-hydrogen) atoms. The fourth-order valence-electron chi connectivity index (χ4n) is 2.72. The summed E-state index contributed by atoms with van der Waals surface area (Å²) in [6.07, 6.45) is 0.0141. The zero-order valence-corrected chi connectivity index (χ0v) is 14.0. The van der Waals surface area contributed by atoms with Crippen LogP contribution < -0.4 is 10.9 Å². The Kier molecular flexibility index (Phi) is 4.36. The van der Waals surface area contributed by atoms with E-state index in [1.807, 2.05) is 60.7 Å². The molecule has 0 fully saturated rings. The molecule has 0 spiro atoms. The van der Waals surface area contributed by atoms with Gasteiger partial charge in [-0.2, -0.15) is 4.98 Å². The number of nitrogens with zero attached hydrogens (tertiary/aromatic N) is 2. The van der Waals surface area contributed by atoms with Crippen molar-refractivity contribution in [1.82, 2.24) is 19.9 Å². The van der Waals surface area contributed by atoms with Crippen LogP contribution in [0.3, 0.4) is 0 Å². The van der Waals surface area contributed by atoms with Gasteiger partial charge in [-0.15, -0.1) is 0 Å². The smallest absolute Gasteiger partial charge is 0.414 e. The molecule has 0 radical (unpaired) electrons. The van der Waals surface area contributed by atoms with Gasteiger partial charge in [0.1, 0.15) is 0 Å². The molecule has 0 saturated heterocycles. The second-order valence-corrected chi connectivity index (χ2v) is 5.75. The van der Waals surface area contributed by atoms with E-state index in [9.17, 15) is 9.59 Å². The summed E-state index contributed by atoms with van der Waals surface area (Å²) in [6, 6.07) is 18.8. The fourth-order valence-corrected chi connectivity index (χ4v) is 2.72. The quantitative estimate of drug-likeness (QED) is 0.517. The van der Waals surface area contributed by atoms with Gasteiger partial charge in [0.15, 0.2) is 17.3 Å². The van der Waals surface area contributed by atoms with Crippen LogP contribution in [0, 0.1) is 0 Å². The van der Waals surface area contributed by atoms with Crippen molar-refractivity contribution in [1.29, 1.82) is 0 Å². The predicted octanol–water partition coefficient (Wildman–Crippen LogP) is 2.98. The van der Waals surface area contributed by atoms with Crippen molar-refractivity contribution in [3.8, 4) is 0 Å². The molecule has 4 aromatic rings. The standard InChI is InChI=1S/C19H15N5O3/c25-17-14-16(21-11-20-14)22-18(23-17)24-19(26)27-15(12-7-3-1-4-8-12)13-9-5-2-6-10-13/h1-11,15H,(H3,20,21,22,23,24,25,26). The third kappa shape index (κ3) is 3.54. The number of amides is 1. The topological polar surface area (TPSA) is 113 Å². The first-order valence-electron chi connectivity index (χ1n) is 8.21. The summed E-state index contributed by atoms with van der Waals surface area (Å²) in [4.78, 5) is 37.5. The number of anilines is 1. The lowest BCUT2D eigenvalue weighted by Crippen LogP contribution is -2.21. The molecule has 4 rings (SSSR count). The van der Waals surface area contributed by atoms with Crippen LogP contribution in [0.4, 0.5) is 10.7 Å². The molecule has 2 aromatic heterocycles. The number of nitrogens with one attached hydrogen (secondary N) is 3. The Morgan fingerprint density at radius 3 is 2.26 bits per heavy atom. The Labute approximate surface area is 153 Å². The molecule has 134 valence electrons. The number of aromatic nitrogens is 4. The minimum Gasteiger partial charge on any atom is -0.436 e. The van der Waals surface area contributed by atoms with Crippen LogP contribution in [0.1, 0.15) is 17.2 Å². The summed E-state index contributed by atoms with van der Waals surface area (Å²) in [5.41, 5.74) is 1.63. The molecule has 0 unspecified atom stereocenters. The number of H-pyrrole nitrogens is 2. The Balaban J connectivity index is 1.59. The molecule has 0 saturated carbocycles. The van der Waals surface area contributed by atoms with Gasteiger partial charge in [-0.25, -0.2) is 9.78 Å². The zero-order valence-electron chi connectivity index (χ0n) is 14.0. The van der Waals surface area contributed by atoms with Crippen LogP contribution in [0.15, 0.2) is 71.8 Å². The number of carbonyl (C=O) groups excluding carboxylic acids is 1. The molecule has 2 heterocycles. The Bertz CT molecular complexity index is 1080. The van der Waals surface area contributed by atoms with E-state index in [1.165, 1.54) is 6.33 Å². The summed E-state index contributed by atoms with van der Waals surface area (Å²) < 4.78 is 5.62. The lowest BCUT2D eigenvalue weighted by Gasteiger charge is -2.19. The Hall–Kier alpha value is -3.94. The predicted molar refractivity (Wildman–Crippen MR) is 99.3 cm³/mol. The molecule has 8 nitrogen and oxygen atoms in total. The highest BCUT2D eigenvalue weighted by Gasteiger charge is 2.19. The number of fused-ring (bicyclic) bond motifs is 1. The van der Waals surface area contributed by atoms with Gasteiger partial charge in [-0.05, 0) is 11.1 Å². The van der Waals surface area contributed by atoms with Crippen LogP contribution in [0.25, 0.3) is 11.2 Å². The average Bonchev–Trinajstić information content (AvgIpc) is 3.17. The third-order valence-corrected chi connectivity index (χ3v) is 3.94. The first kappa shape index (κ1) is 16.5. The number of benzene rings is 2. The average molecular weight is 361 g/mol. The van der Waals surface area contributed by atoms with E-state index < -0.39 is 17.8 Å². The fraction of sp³-hybridized carbons (Fsp3) is 0.0526. The Morgan fingerprint density at radius 1 is 1.00 bits per heavy atom. The molecular formula is C19H15N5O3. The van der Waals surface area contributed by atoms with Crippen LogP contribution >= 0.6 is 0 Å². The molecule has 8 heteroatoms. The number of hydrogen-bond acceptors (Lipinski definition) is 5. The lowest BCUT2D eigenvalue weighted by atomic mass is 10.0. The minimum atomic E-state index is -0.741. The molecule has 0 aliphatic rings. The largest absolute Gasteiger partial charge is 0.436 e. The molecule has 2 aromatic carbocycles. The maximum absolute atomic E-state index is 12.4. The van der Waals surface area contributed by atoms with E-state index in [0.717, 1.165) is 11.1 Å². The number of hydrogen-bond donors (Lipinski definition) is 3. The summed E-state index contributed by atoms with van der Waals surface area (Å²) in [7, 11) is 0. The van der Waals surface area contributed by atoms with Gasteiger partial charge in [0.25, 0.3) is 5.56 Å². The highest BCUT2D eigenvalue weighted by molar-refractivity contribution is 5.83. The van der Waals surface area contributed by atoms with E-state index in [4.69, 9.17) is 4.74 Å². The van der Waals surface area contributed by atoms with Crippen LogP contribution in [0.5, 0.6) is 0 Å². The number of ether oxygens (including phenoxy) is 1. The van der Waals surface area contributed by atoms with Gasteiger partial charge < -0.3 is 9.72 Å². The molecule has 0 atom stereocenters. The Morgan fingerprint density at radius 2 is 1.63 bits per heavy atom. The summed E-state index contributed by atoms with van der Waals surface area (Å²) in [5.74, 6) is -0.0263. The van der Waals surface area contributed by atoms with E-state index >= 15 is 0 Å². The monoisotopic (exact) mass is 361 g/mol. The van der Waals surface area contributed by atoms with Crippen molar-refractivity contribution < 1.29 is 9.53 Å². The van der Waals surface area contributed by atoms with Gasteiger partial charge >= 0.3 is 6.09 Å². The van der Waals surface area contributed by atoms with Crippen molar-refractivity contribution in [2.45, 2.75) is 6.10 Å². The summed E-state index contributed by atoms with van der Waals surface area (Å²) >= 11 is 0. The zero-order chi connectivity index (χ0) is 18.6. The second kappa shape index (κ2) is 7.12. The van der Waals surface area contributed by atoms with E-state index in [1.54, 1.807) is 0 Å². The SMILES string of the molecule is O=C(Nc1nc2[nH]cnc2c(=O)[nH]1)OC(c1ccccc1)c1ccccc1. The van der Waals surface area contributed by atoms with Crippen LogP contribution in [-0.2, 0) is 4.74 Å². The number of rotatable bonds is 4. The van der Waals surface area contributed by atoms with E-state index in [-0.39, 0.29) is 17.1 Å². The van der Waals surface area contributed by atoms with Gasteiger partial charge in [0.05, 0.1) is 6.33 Å². The maximum atomic E-state index is 12.4. The van der Waals surface area contributed by atoms with Crippen molar-refractivity contribution in [3.63, 3.8) is 0 Å². The number of carbonyl (C=O) groups is 1. The third-order valence-electron chi connectivity index (χ3n) is 3.94. The molecule has 3 N–H and O–H groups in total. The van der Waals surface area contributed by atoms with Crippen LogP contribution in [-0.4, -0.2) is 26.0 Å². The maximum Gasteiger partial charge on any atom is 0.414 e. The normalized spacial score (nSPS) is 10.9. The number of imidazole rings is 1. The van der Waals surface area contributed by atoms with Crippen molar-refractivity contribution in [2.24, 2.45) is 0 Å². The molecule has 0 aliphatic carbocycles. The lowest BCUT2D eigenvalue weighted by molar-refractivity contribution is 0.131. The summed E-state index contributed by atoms with van der Waals surface area (Å²) in [6.45, 7) is 0. The first-order valence-corrected chi connectivity index (χ1v) is 8.21. The molecular weight excluding hydrogens is 346 g/mol. The molecule has 0 bridgehead atoms. The van der Waals surface area contributed by atoms with Gasteiger partial charge in [0.2, 0.25) is 5.95 Å². The van der Waals surface area contributed by atoms with Crippen LogP contribution in [0.2, 0.25) is 0 Å².